The number of nitrogens with zero attached hydrogens (tertiary/aromatic N) is 1. The number of benzene rings is 1. The molecule has 0 amide bonds. The normalized spacial score (nSPS) is 31.3. The van der Waals surface area contributed by atoms with Gasteiger partial charge < -0.3 is 17.7 Å². The van der Waals surface area contributed by atoms with Gasteiger partial charge in [0.1, 0.15) is 5.75 Å². The molecular weight excluding hydrogens is 377 g/mol. The summed E-state index contributed by atoms with van der Waals surface area (Å²) in [5, 5.41) is 0. The highest BCUT2D eigenvalue weighted by Gasteiger charge is 2.50. The van der Waals surface area contributed by atoms with Gasteiger partial charge in [-0.2, -0.15) is 0 Å². The van der Waals surface area contributed by atoms with Gasteiger partial charge in [-0.3, -0.25) is 4.90 Å². The Morgan fingerprint density at radius 2 is 1.47 bits per heavy atom. The van der Waals surface area contributed by atoms with Crippen LogP contribution in [-0.4, -0.2) is 53.4 Å². The predicted molar refractivity (Wildman–Crippen MR) is 79.8 cm³/mol. The van der Waals surface area contributed by atoms with Crippen LogP contribution in [-0.2, 0) is 13.3 Å². The first-order valence-corrected chi connectivity index (χ1v) is 9.06. The summed E-state index contributed by atoms with van der Waals surface area (Å²) in [5.74, 6) is 0.741. The molecule has 3 aliphatic rings. The second-order valence-corrected chi connectivity index (χ2v) is 7.76. The predicted octanol–water partition coefficient (Wildman–Crippen LogP) is 1.48. The Hall–Kier alpha value is -0.193. The summed E-state index contributed by atoms with van der Waals surface area (Å²) in [6, 6.07) is 7.83. The Bertz CT molecular complexity index is 404. The molecule has 0 atom stereocenters. The van der Waals surface area contributed by atoms with Crippen LogP contribution >= 0.6 is 22.6 Å². The van der Waals surface area contributed by atoms with Gasteiger partial charge in [0.15, 0.2) is 0 Å². The van der Waals surface area contributed by atoms with Gasteiger partial charge in [-0.1, -0.05) is 0 Å². The number of halogens is 1. The van der Waals surface area contributed by atoms with Crippen LogP contribution in [0.3, 0.4) is 0 Å². The van der Waals surface area contributed by atoms with Gasteiger partial charge >= 0.3 is 9.05 Å². The van der Waals surface area contributed by atoms with Crippen LogP contribution in [0.25, 0.3) is 0 Å². The molecule has 3 fully saturated rings. The maximum absolute atomic E-state index is 5.95. The van der Waals surface area contributed by atoms with Crippen molar-refractivity contribution in [2.75, 3.05) is 39.5 Å². The smallest absolute Gasteiger partial charge is 0.480 e. The molecule has 3 saturated heterocycles. The SMILES string of the molecule is Ic1ccc(O[Si]23OCCN(CCO2)CCO3)cc1. The highest BCUT2D eigenvalue weighted by atomic mass is 127. The number of hydrogen-bond donors (Lipinski definition) is 0. The Balaban J connectivity index is 1.76. The molecule has 0 unspecified atom stereocenters. The maximum atomic E-state index is 5.95. The highest BCUT2D eigenvalue weighted by molar-refractivity contribution is 14.1. The summed E-state index contributed by atoms with van der Waals surface area (Å²) in [5.41, 5.74) is 0. The standard InChI is InChI=1S/C12H16INO4Si/c13-11-1-3-12(4-2-11)18-19-15-8-5-14(6-9-16-19)7-10-17-19/h1-4H,5-10H2. The van der Waals surface area contributed by atoms with Crippen LogP contribution in [0.1, 0.15) is 0 Å². The van der Waals surface area contributed by atoms with Gasteiger partial charge in [-0.25, -0.2) is 0 Å². The third-order valence-electron chi connectivity index (χ3n) is 3.12. The molecule has 104 valence electrons. The van der Waals surface area contributed by atoms with Crippen molar-refractivity contribution in [1.29, 1.82) is 0 Å². The number of rotatable bonds is 2. The molecule has 2 bridgehead atoms. The van der Waals surface area contributed by atoms with Crippen molar-refractivity contribution in [3.05, 3.63) is 27.8 Å². The van der Waals surface area contributed by atoms with Crippen molar-refractivity contribution < 1.29 is 17.7 Å². The minimum Gasteiger partial charge on any atom is -0.480 e. The largest absolute Gasteiger partial charge is 0.749 e. The maximum Gasteiger partial charge on any atom is 0.749 e. The third-order valence-corrected chi connectivity index (χ3v) is 5.99. The first kappa shape index (κ1) is 13.8. The van der Waals surface area contributed by atoms with E-state index in [4.69, 9.17) is 17.7 Å². The highest BCUT2D eigenvalue weighted by Crippen LogP contribution is 2.22. The molecule has 0 aromatic heterocycles. The van der Waals surface area contributed by atoms with E-state index in [9.17, 15) is 0 Å². The fraction of sp³-hybridized carbons (Fsp3) is 0.500. The van der Waals surface area contributed by atoms with Crippen molar-refractivity contribution >= 4 is 31.6 Å². The van der Waals surface area contributed by atoms with Crippen molar-refractivity contribution in [2.24, 2.45) is 0 Å². The van der Waals surface area contributed by atoms with Gasteiger partial charge in [0.2, 0.25) is 0 Å². The first-order chi connectivity index (χ1) is 9.26. The average molecular weight is 393 g/mol. The van der Waals surface area contributed by atoms with Crippen molar-refractivity contribution in [3.63, 3.8) is 0 Å². The lowest BCUT2D eigenvalue weighted by Crippen LogP contribution is -2.59. The van der Waals surface area contributed by atoms with E-state index in [-0.39, 0.29) is 0 Å². The second-order valence-electron chi connectivity index (χ2n) is 4.44. The van der Waals surface area contributed by atoms with Gasteiger partial charge in [-0.05, 0) is 46.9 Å². The summed E-state index contributed by atoms with van der Waals surface area (Å²) in [7, 11) is -3.01. The third kappa shape index (κ3) is 3.47. The molecule has 4 rings (SSSR count). The van der Waals surface area contributed by atoms with Crippen LogP contribution in [0.2, 0.25) is 0 Å². The Labute approximate surface area is 127 Å². The molecule has 3 heterocycles. The van der Waals surface area contributed by atoms with E-state index in [2.05, 4.69) is 27.5 Å². The zero-order chi connectivity index (χ0) is 13.1. The zero-order valence-corrected chi connectivity index (χ0v) is 13.7. The van der Waals surface area contributed by atoms with Gasteiger partial charge in [0, 0.05) is 23.2 Å². The van der Waals surface area contributed by atoms with Crippen LogP contribution in [0.4, 0.5) is 0 Å². The Morgan fingerprint density at radius 3 is 2.00 bits per heavy atom. The van der Waals surface area contributed by atoms with Gasteiger partial charge in [-0.15, -0.1) is 0 Å². The summed E-state index contributed by atoms with van der Waals surface area (Å²) < 4.78 is 24.5. The molecule has 0 saturated carbocycles. The zero-order valence-electron chi connectivity index (χ0n) is 10.5. The number of hydrogen-bond acceptors (Lipinski definition) is 5. The molecule has 5 nitrogen and oxygen atoms in total. The average Bonchev–Trinajstić information content (AvgIpc) is 2.33. The number of fused-ring (bicyclic) bond motifs is 6. The Morgan fingerprint density at radius 1 is 0.947 bits per heavy atom. The summed E-state index contributed by atoms with van der Waals surface area (Å²) in [6.07, 6.45) is 0. The molecule has 1 aromatic carbocycles. The summed E-state index contributed by atoms with van der Waals surface area (Å²) in [6.45, 7) is 4.52. The molecule has 7 heteroatoms. The monoisotopic (exact) mass is 393 g/mol. The van der Waals surface area contributed by atoms with E-state index in [0.717, 1.165) is 29.0 Å². The second kappa shape index (κ2) is 6.06. The van der Waals surface area contributed by atoms with Gasteiger partial charge in [0.05, 0.1) is 19.8 Å². The molecule has 0 aliphatic carbocycles. The lowest BCUT2D eigenvalue weighted by molar-refractivity contribution is -0.0496. The Kier molecular flexibility index (Phi) is 4.39. The first-order valence-electron chi connectivity index (χ1n) is 6.35. The van der Waals surface area contributed by atoms with Crippen LogP contribution < -0.4 is 4.43 Å². The van der Waals surface area contributed by atoms with E-state index in [1.165, 1.54) is 0 Å². The van der Waals surface area contributed by atoms with E-state index < -0.39 is 9.05 Å². The lowest BCUT2D eigenvalue weighted by Gasteiger charge is -2.36. The van der Waals surface area contributed by atoms with Crippen molar-refractivity contribution in [3.8, 4) is 5.75 Å². The van der Waals surface area contributed by atoms with E-state index in [0.29, 0.717) is 19.8 Å². The molecule has 3 aliphatic heterocycles. The minimum absolute atomic E-state index is 0.594. The molecule has 0 spiro atoms. The molecule has 0 radical (unpaired) electrons. The van der Waals surface area contributed by atoms with Crippen molar-refractivity contribution in [1.82, 2.24) is 4.90 Å². The van der Waals surface area contributed by atoms with Crippen LogP contribution in [0.5, 0.6) is 5.75 Å². The van der Waals surface area contributed by atoms with E-state index in [1.807, 2.05) is 24.3 Å². The molecule has 19 heavy (non-hydrogen) atoms. The lowest BCUT2D eigenvalue weighted by atomic mass is 10.3. The van der Waals surface area contributed by atoms with Gasteiger partial charge in [0.25, 0.3) is 0 Å². The quantitative estimate of drug-likeness (QED) is 0.563. The topological polar surface area (TPSA) is 40.2 Å². The molecule has 0 N–H and O–H groups in total. The van der Waals surface area contributed by atoms with Crippen molar-refractivity contribution in [2.45, 2.75) is 0 Å². The fourth-order valence-corrected chi connectivity index (χ4v) is 4.33. The molecular formula is C12H16INO4Si. The van der Waals surface area contributed by atoms with E-state index >= 15 is 0 Å². The fourth-order valence-electron chi connectivity index (χ4n) is 2.10. The minimum atomic E-state index is -3.01. The van der Waals surface area contributed by atoms with Crippen LogP contribution in [0.15, 0.2) is 24.3 Å². The summed E-state index contributed by atoms with van der Waals surface area (Å²) >= 11 is 2.26. The molecule has 1 aromatic rings. The summed E-state index contributed by atoms with van der Waals surface area (Å²) in [4.78, 5) is 2.28. The van der Waals surface area contributed by atoms with E-state index in [1.54, 1.807) is 0 Å². The van der Waals surface area contributed by atoms with Crippen LogP contribution in [0, 0.1) is 3.57 Å².